The van der Waals surface area contributed by atoms with E-state index in [1.54, 1.807) is 25.3 Å². The van der Waals surface area contributed by atoms with E-state index in [9.17, 15) is 4.79 Å². The molecule has 1 fully saturated rings. The Hall–Kier alpha value is -2.15. The van der Waals surface area contributed by atoms with E-state index in [-0.39, 0.29) is 11.5 Å². The third-order valence-electron chi connectivity index (χ3n) is 6.15. The van der Waals surface area contributed by atoms with Gasteiger partial charge >= 0.3 is 0 Å². The molecule has 1 saturated heterocycles. The Morgan fingerprint density at radius 2 is 2.00 bits per heavy atom. The summed E-state index contributed by atoms with van der Waals surface area (Å²) >= 11 is 11.3. The summed E-state index contributed by atoms with van der Waals surface area (Å²) in [5, 5.41) is 1.04. The summed E-state index contributed by atoms with van der Waals surface area (Å²) in [6.07, 6.45) is 0.758. The number of hydrogen-bond acceptors (Lipinski definition) is 6. The van der Waals surface area contributed by atoms with Crippen LogP contribution in [0.3, 0.4) is 0 Å². The molecule has 0 amide bonds. The molecule has 4 rings (SSSR count). The van der Waals surface area contributed by atoms with Crippen molar-refractivity contribution in [2.45, 2.75) is 17.9 Å². The standard InChI is InChI=1S/C23H24ClNO4S/c1-25-9-8-23(20(25)13-30,15-6-4-5-7-16(15)24)21-12-17(26)22-18(28-3)10-14(27-2)11-19(22)29-21/h4-7,10-12,20,30H,8-9,13H2,1-3H3. The van der Waals surface area contributed by atoms with Gasteiger partial charge in [0.25, 0.3) is 0 Å². The van der Waals surface area contributed by atoms with Crippen LogP contribution in [0.25, 0.3) is 11.0 Å². The summed E-state index contributed by atoms with van der Waals surface area (Å²) in [6.45, 7) is 0.833. The van der Waals surface area contributed by atoms with Crippen LogP contribution in [0.2, 0.25) is 5.02 Å². The average molecular weight is 446 g/mol. The fourth-order valence-electron chi connectivity index (χ4n) is 4.63. The Bertz CT molecular complexity index is 1150. The minimum atomic E-state index is -0.599. The largest absolute Gasteiger partial charge is 0.496 e. The highest BCUT2D eigenvalue weighted by Crippen LogP contribution is 2.48. The number of thiol groups is 1. The molecule has 5 nitrogen and oxygen atoms in total. The molecule has 0 bridgehead atoms. The second-order valence-electron chi connectivity index (χ2n) is 7.56. The van der Waals surface area contributed by atoms with Gasteiger partial charge in [0, 0.05) is 35.0 Å². The first-order valence-corrected chi connectivity index (χ1v) is 10.7. The topological polar surface area (TPSA) is 51.9 Å². The molecule has 2 unspecified atom stereocenters. The van der Waals surface area contributed by atoms with E-state index < -0.39 is 5.41 Å². The molecule has 2 aromatic carbocycles. The molecule has 0 N–H and O–H groups in total. The number of fused-ring (bicyclic) bond motifs is 1. The van der Waals surface area contributed by atoms with Gasteiger partial charge in [0.2, 0.25) is 0 Å². The maximum atomic E-state index is 13.2. The monoisotopic (exact) mass is 445 g/mol. The van der Waals surface area contributed by atoms with Crippen LogP contribution in [0, 0.1) is 0 Å². The zero-order chi connectivity index (χ0) is 21.5. The molecule has 7 heteroatoms. The average Bonchev–Trinajstić information content (AvgIpc) is 3.09. The lowest BCUT2D eigenvalue weighted by molar-refractivity contribution is 0.269. The van der Waals surface area contributed by atoms with Crippen LogP contribution in [0.1, 0.15) is 17.7 Å². The first-order chi connectivity index (χ1) is 14.5. The summed E-state index contributed by atoms with van der Waals surface area (Å²) in [4.78, 5) is 15.5. The van der Waals surface area contributed by atoms with Gasteiger partial charge in [0.15, 0.2) is 5.43 Å². The number of benzene rings is 2. The quantitative estimate of drug-likeness (QED) is 0.590. The van der Waals surface area contributed by atoms with E-state index in [2.05, 4.69) is 24.6 Å². The molecule has 0 saturated carbocycles. The van der Waals surface area contributed by atoms with E-state index in [4.69, 9.17) is 25.5 Å². The van der Waals surface area contributed by atoms with Crippen molar-refractivity contribution in [2.24, 2.45) is 0 Å². The summed E-state index contributed by atoms with van der Waals surface area (Å²) in [5.41, 5.74) is 0.600. The van der Waals surface area contributed by atoms with E-state index in [1.165, 1.54) is 7.11 Å². The normalized spacial score (nSPS) is 21.8. The molecule has 0 spiro atoms. The van der Waals surface area contributed by atoms with Crippen LogP contribution in [-0.4, -0.2) is 44.5 Å². The number of ether oxygens (including phenoxy) is 2. The molecular weight excluding hydrogens is 422 g/mol. The third kappa shape index (κ3) is 3.18. The van der Waals surface area contributed by atoms with Crippen LogP contribution in [0.4, 0.5) is 0 Å². The van der Waals surface area contributed by atoms with Crippen molar-refractivity contribution in [1.82, 2.24) is 4.90 Å². The number of methoxy groups -OCH3 is 2. The predicted octanol–water partition coefficient (Wildman–Crippen LogP) is 4.38. The van der Waals surface area contributed by atoms with Gasteiger partial charge in [-0.05, 0) is 31.6 Å². The second-order valence-corrected chi connectivity index (χ2v) is 8.33. The fourth-order valence-corrected chi connectivity index (χ4v) is 5.53. The zero-order valence-corrected chi connectivity index (χ0v) is 18.8. The predicted molar refractivity (Wildman–Crippen MR) is 123 cm³/mol. The van der Waals surface area contributed by atoms with E-state index >= 15 is 0 Å². The van der Waals surface area contributed by atoms with Crippen LogP contribution < -0.4 is 14.9 Å². The molecule has 1 aliphatic heterocycles. The Balaban J connectivity index is 2.06. The van der Waals surface area contributed by atoms with Crippen molar-refractivity contribution in [3.05, 3.63) is 69.0 Å². The molecule has 3 aromatic rings. The number of likely N-dealkylation sites (N-methyl/N-ethyl adjacent to an activating group) is 1. The van der Waals surface area contributed by atoms with Crippen LogP contribution in [-0.2, 0) is 5.41 Å². The molecule has 30 heavy (non-hydrogen) atoms. The van der Waals surface area contributed by atoms with Crippen molar-refractivity contribution in [1.29, 1.82) is 0 Å². The first kappa shape index (κ1) is 21.1. The summed E-state index contributed by atoms with van der Waals surface area (Å²) in [5.74, 6) is 2.14. The van der Waals surface area contributed by atoms with Gasteiger partial charge in [-0.1, -0.05) is 29.8 Å². The highest BCUT2D eigenvalue weighted by Gasteiger charge is 2.51. The Kier molecular flexibility index (Phi) is 5.75. The maximum Gasteiger partial charge on any atom is 0.196 e. The summed E-state index contributed by atoms with van der Waals surface area (Å²) in [7, 11) is 5.15. The molecule has 158 valence electrons. The maximum absolute atomic E-state index is 13.2. The van der Waals surface area contributed by atoms with Crippen LogP contribution in [0.5, 0.6) is 11.5 Å². The lowest BCUT2D eigenvalue weighted by Crippen LogP contribution is -2.44. The zero-order valence-electron chi connectivity index (χ0n) is 17.1. The summed E-state index contributed by atoms with van der Waals surface area (Å²) in [6, 6.07) is 12.7. The van der Waals surface area contributed by atoms with Gasteiger partial charge in [-0.3, -0.25) is 4.79 Å². The molecule has 0 radical (unpaired) electrons. The van der Waals surface area contributed by atoms with Crippen molar-refractivity contribution < 1.29 is 13.9 Å². The minimum Gasteiger partial charge on any atom is -0.496 e. The smallest absolute Gasteiger partial charge is 0.196 e. The molecule has 2 atom stereocenters. The lowest BCUT2D eigenvalue weighted by Gasteiger charge is -2.36. The van der Waals surface area contributed by atoms with E-state index in [0.717, 1.165) is 18.5 Å². The Labute approximate surface area is 185 Å². The molecule has 1 aromatic heterocycles. The molecule has 1 aliphatic rings. The Morgan fingerprint density at radius 3 is 2.67 bits per heavy atom. The second kappa shape index (κ2) is 8.17. The van der Waals surface area contributed by atoms with E-state index in [0.29, 0.717) is 39.0 Å². The lowest BCUT2D eigenvalue weighted by atomic mass is 9.72. The van der Waals surface area contributed by atoms with Gasteiger partial charge in [-0.15, -0.1) is 0 Å². The molecule has 2 heterocycles. The highest BCUT2D eigenvalue weighted by atomic mass is 35.5. The van der Waals surface area contributed by atoms with Gasteiger partial charge < -0.3 is 18.8 Å². The van der Waals surface area contributed by atoms with Gasteiger partial charge in [-0.2, -0.15) is 12.6 Å². The van der Waals surface area contributed by atoms with Crippen molar-refractivity contribution in [3.63, 3.8) is 0 Å². The number of hydrogen-bond donors (Lipinski definition) is 1. The SMILES string of the molecule is COc1cc(OC)c2c(=O)cc(C3(c4ccccc4Cl)CCN(C)C3CS)oc2c1. The van der Waals surface area contributed by atoms with E-state index in [1.807, 2.05) is 24.3 Å². The van der Waals surface area contributed by atoms with Crippen LogP contribution >= 0.6 is 24.2 Å². The molecule has 0 aliphatic carbocycles. The van der Waals surface area contributed by atoms with Crippen molar-refractivity contribution in [3.8, 4) is 11.5 Å². The van der Waals surface area contributed by atoms with Crippen molar-refractivity contribution >= 4 is 35.2 Å². The van der Waals surface area contributed by atoms with Gasteiger partial charge in [0.1, 0.15) is 28.2 Å². The number of nitrogens with zero attached hydrogens (tertiary/aromatic N) is 1. The van der Waals surface area contributed by atoms with Gasteiger partial charge in [-0.25, -0.2) is 0 Å². The van der Waals surface area contributed by atoms with Crippen LogP contribution in [0.15, 0.2) is 51.7 Å². The fraction of sp³-hybridized carbons (Fsp3) is 0.348. The van der Waals surface area contributed by atoms with Crippen molar-refractivity contribution in [2.75, 3.05) is 33.6 Å². The third-order valence-corrected chi connectivity index (χ3v) is 6.83. The minimum absolute atomic E-state index is 0.00818. The molecular formula is C23H24ClNO4S. The first-order valence-electron chi connectivity index (χ1n) is 9.72. The van der Waals surface area contributed by atoms with Gasteiger partial charge in [0.05, 0.1) is 19.6 Å². The highest BCUT2D eigenvalue weighted by molar-refractivity contribution is 7.80. The summed E-state index contributed by atoms with van der Waals surface area (Å²) < 4.78 is 17.2. The number of likely N-dealkylation sites (tertiary alicyclic amines) is 1. The Morgan fingerprint density at radius 1 is 1.23 bits per heavy atom. The number of rotatable bonds is 5. The number of halogens is 1.